The zero-order valence-corrected chi connectivity index (χ0v) is 7.81. The molecule has 0 saturated heterocycles. The van der Waals surface area contributed by atoms with Crippen molar-refractivity contribution < 1.29 is 0 Å². The van der Waals surface area contributed by atoms with E-state index in [0.29, 0.717) is 0 Å². The van der Waals surface area contributed by atoms with Crippen LogP contribution in [0.5, 0.6) is 0 Å². The normalized spacial score (nSPS) is 11.5. The van der Waals surface area contributed by atoms with E-state index in [1.165, 1.54) is 0 Å². The van der Waals surface area contributed by atoms with Gasteiger partial charge in [0.2, 0.25) is 5.78 Å². The molecule has 0 atom stereocenters. The number of fused-ring (bicyclic) bond motifs is 3. The number of hydrogen-bond donors (Lipinski definition) is 1. The molecule has 3 aromatic rings. The maximum absolute atomic E-state index is 5.79. The first-order chi connectivity index (χ1) is 6.77. The van der Waals surface area contributed by atoms with Crippen LogP contribution in [0.2, 0.25) is 0 Å². The highest BCUT2D eigenvalue weighted by Crippen LogP contribution is 2.18. The Balaban J connectivity index is 2.60. The average Bonchev–Trinajstić information content (AvgIpc) is 2.67. The Bertz CT molecular complexity index is 617. The van der Waals surface area contributed by atoms with E-state index >= 15 is 0 Å². The highest BCUT2D eigenvalue weighted by molar-refractivity contribution is 5.80. The molecule has 2 N–H and O–H groups in total. The summed E-state index contributed by atoms with van der Waals surface area (Å²) in [6.07, 6.45) is 1.89. The van der Waals surface area contributed by atoms with Gasteiger partial charge in [-0.2, -0.15) is 0 Å². The van der Waals surface area contributed by atoms with Gasteiger partial charge in [0, 0.05) is 7.05 Å². The van der Waals surface area contributed by atoms with E-state index in [9.17, 15) is 0 Å². The average molecular weight is 186 g/mol. The van der Waals surface area contributed by atoms with Crippen molar-refractivity contribution in [3.63, 3.8) is 0 Å². The van der Waals surface area contributed by atoms with Crippen molar-refractivity contribution in [1.29, 1.82) is 0 Å². The maximum atomic E-state index is 5.79. The quantitative estimate of drug-likeness (QED) is 0.577. The summed E-state index contributed by atoms with van der Waals surface area (Å²) >= 11 is 0. The first-order valence-corrected chi connectivity index (χ1v) is 4.45. The SMILES string of the molecule is Cn1c(N)cn2c3ccccc3nc12. The van der Waals surface area contributed by atoms with Gasteiger partial charge < -0.3 is 5.73 Å². The minimum atomic E-state index is 0.721. The van der Waals surface area contributed by atoms with Gasteiger partial charge in [-0.25, -0.2) is 4.98 Å². The second kappa shape index (κ2) is 2.29. The highest BCUT2D eigenvalue weighted by Gasteiger charge is 2.08. The lowest BCUT2D eigenvalue weighted by atomic mass is 10.3. The zero-order chi connectivity index (χ0) is 9.71. The van der Waals surface area contributed by atoms with Gasteiger partial charge in [-0.3, -0.25) is 8.97 Å². The van der Waals surface area contributed by atoms with Gasteiger partial charge in [0.15, 0.2) is 0 Å². The van der Waals surface area contributed by atoms with Crippen molar-refractivity contribution in [3.05, 3.63) is 30.5 Å². The predicted molar refractivity (Wildman–Crippen MR) is 56.1 cm³/mol. The molecular formula is C10H10N4. The Morgan fingerprint density at radius 2 is 2.07 bits per heavy atom. The third-order valence-corrected chi connectivity index (χ3v) is 2.53. The first-order valence-electron chi connectivity index (χ1n) is 4.45. The predicted octanol–water partition coefficient (Wildman–Crippen LogP) is 1.41. The van der Waals surface area contributed by atoms with Crippen LogP contribution in [-0.2, 0) is 7.05 Å². The summed E-state index contributed by atoms with van der Waals surface area (Å²) in [5.41, 5.74) is 7.88. The molecule has 2 aromatic heterocycles. The summed E-state index contributed by atoms with van der Waals surface area (Å²) in [6, 6.07) is 8.02. The molecule has 4 heteroatoms. The summed E-state index contributed by atoms with van der Waals surface area (Å²) in [5.74, 6) is 1.60. The third kappa shape index (κ3) is 0.750. The molecule has 0 bridgehead atoms. The molecule has 0 radical (unpaired) electrons. The van der Waals surface area contributed by atoms with Crippen LogP contribution in [-0.4, -0.2) is 14.0 Å². The molecular weight excluding hydrogens is 176 g/mol. The topological polar surface area (TPSA) is 48.2 Å². The maximum Gasteiger partial charge on any atom is 0.216 e. The van der Waals surface area contributed by atoms with E-state index in [1.54, 1.807) is 0 Å². The molecule has 70 valence electrons. The van der Waals surface area contributed by atoms with Crippen LogP contribution in [0.1, 0.15) is 0 Å². The van der Waals surface area contributed by atoms with Crippen molar-refractivity contribution in [2.75, 3.05) is 5.73 Å². The van der Waals surface area contributed by atoms with Gasteiger partial charge in [-0.1, -0.05) is 12.1 Å². The van der Waals surface area contributed by atoms with Crippen molar-refractivity contribution in [2.24, 2.45) is 7.05 Å². The number of nitrogen functional groups attached to an aromatic ring is 1. The van der Waals surface area contributed by atoms with E-state index in [1.807, 2.05) is 46.5 Å². The summed E-state index contributed by atoms with van der Waals surface area (Å²) in [5, 5.41) is 0. The van der Waals surface area contributed by atoms with Gasteiger partial charge in [0.1, 0.15) is 5.82 Å². The number of nitrogens with zero attached hydrogens (tertiary/aromatic N) is 3. The van der Waals surface area contributed by atoms with Gasteiger partial charge in [0.05, 0.1) is 17.2 Å². The molecule has 0 fully saturated rings. The fourth-order valence-corrected chi connectivity index (χ4v) is 1.73. The molecule has 0 spiro atoms. The van der Waals surface area contributed by atoms with Crippen LogP contribution in [0.3, 0.4) is 0 Å². The standard InChI is InChI=1S/C10H10N4/c1-13-9(11)6-14-8-5-3-2-4-7(8)12-10(13)14/h2-6H,11H2,1H3. The highest BCUT2D eigenvalue weighted by atomic mass is 15.2. The van der Waals surface area contributed by atoms with Crippen LogP contribution in [0.15, 0.2) is 30.5 Å². The van der Waals surface area contributed by atoms with Gasteiger partial charge >= 0.3 is 0 Å². The van der Waals surface area contributed by atoms with Crippen LogP contribution < -0.4 is 5.73 Å². The molecule has 0 aliphatic carbocycles. The first kappa shape index (κ1) is 7.44. The van der Waals surface area contributed by atoms with Gasteiger partial charge in [-0.15, -0.1) is 0 Å². The number of para-hydroxylation sites is 2. The monoisotopic (exact) mass is 186 g/mol. The van der Waals surface area contributed by atoms with Crippen LogP contribution in [0, 0.1) is 0 Å². The van der Waals surface area contributed by atoms with Crippen molar-refractivity contribution in [1.82, 2.24) is 14.0 Å². The Morgan fingerprint density at radius 1 is 1.29 bits per heavy atom. The van der Waals surface area contributed by atoms with Crippen LogP contribution in [0.25, 0.3) is 16.8 Å². The van der Waals surface area contributed by atoms with Gasteiger partial charge in [-0.05, 0) is 12.1 Å². The fourth-order valence-electron chi connectivity index (χ4n) is 1.73. The number of hydrogen-bond acceptors (Lipinski definition) is 2. The molecule has 14 heavy (non-hydrogen) atoms. The number of imidazole rings is 2. The number of benzene rings is 1. The molecule has 0 aliphatic rings. The van der Waals surface area contributed by atoms with E-state index in [2.05, 4.69) is 4.98 Å². The fraction of sp³-hybridized carbons (Fsp3) is 0.100. The van der Waals surface area contributed by atoms with E-state index in [0.717, 1.165) is 22.6 Å². The van der Waals surface area contributed by atoms with E-state index in [-0.39, 0.29) is 0 Å². The molecule has 4 nitrogen and oxygen atoms in total. The summed E-state index contributed by atoms with van der Waals surface area (Å²) < 4.78 is 3.88. The summed E-state index contributed by atoms with van der Waals surface area (Å²) in [4.78, 5) is 4.48. The van der Waals surface area contributed by atoms with E-state index in [4.69, 9.17) is 5.73 Å². The molecule has 2 heterocycles. The Kier molecular flexibility index (Phi) is 1.21. The Labute approximate surface area is 80.6 Å². The minimum absolute atomic E-state index is 0.721. The molecule has 0 unspecified atom stereocenters. The molecule has 0 aliphatic heterocycles. The molecule has 0 amide bonds. The van der Waals surface area contributed by atoms with E-state index < -0.39 is 0 Å². The third-order valence-electron chi connectivity index (χ3n) is 2.53. The smallest absolute Gasteiger partial charge is 0.216 e. The number of nitrogens with two attached hydrogens (primary N) is 1. The summed E-state index contributed by atoms with van der Waals surface area (Å²) in [7, 11) is 1.91. The second-order valence-corrected chi connectivity index (χ2v) is 3.38. The minimum Gasteiger partial charge on any atom is -0.384 e. The lowest BCUT2D eigenvalue weighted by Crippen LogP contribution is -1.95. The Hall–Kier alpha value is -1.97. The van der Waals surface area contributed by atoms with Crippen molar-refractivity contribution in [3.8, 4) is 0 Å². The number of aryl methyl sites for hydroxylation is 1. The lowest BCUT2D eigenvalue weighted by molar-refractivity contribution is 0.952. The lowest BCUT2D eigenvalue weighted by Gasteiger charge is -1.91. The molecule has 3 rings (SSSR count). The number of rotatable bonds is 0. The zero-order valence-electron chi connectivity index (χ0n) is 7.81. The van der Waals surface area contributed by atoms with Crippen LogP contribution in [0.4, 0.5) is 5.82 Å². The number of aromatic nitrogens is 3. The van der Waals surface area contributed by atoms with Crippen molar-refractivity contribution in [2.45, 2.75) is 0 Å². The van der Waals surface area contributed by atoms with Crippen LogP contribution >= 0.6 is 0 Å². The second-order valence-electron chi connectivity index (χ2n) is 3.38. The molecule has 0 saturated carbocycles. The van der Waals surface area contributed by atoms with Gasteiger partial charge in [0.25, 0.3) is 0 Å². The number of anilines is 1. The molecule has 1 aromatic carbocycles. The summed E-state index contributed by atoms with van der Waals surface area (Å²) in [6.45, 7) is 0. The largest absolute Gasteiger partial charge is 0.384 e. The van der Waals surface area contributed by atoms with Crippen molar-refractivity contribution >= 4 is 22.6 Å². The Morgan fingerprint density at radius 3 is 2.93 bits per heavy atom.